The third-order valence-corrected chi connectivity index (χ3v) is 4.92. The second-order valence-corrected chi connectivity index (χ2v) is 7.41. The number of hydrazone groups is 1. The molecule has 1 amide bonds. The van der Waals surface area contributed by atoms with Gasteiger partial charge in [-0.25, -0.2) is 5.43 Å². The van der Waals surface area contributed by atoms with Gasteiger partial charge in [0.1, 0.15) is 18.1 Å². The third kappa shape index (κ3) is 6.39. The Morgan fingerprint density at radius 3 is 2.44 bits per heavy atom. The van der Waals surface area contributed by atoms with Gasteiger partial charge >= 0.3 is 0 Å². The lowest BCUT2D eigenvalue weighted by atomic mass is 10.2. The van der Waals surface area contributed by atoms with E-state index in [0.717, 1.165) is 11.1 Å². The first-order valence-electron chi connectivity index (χ1n) is 9.68. The molecule has 0 aliphatic heterocycles. The lowest BCUT2D eigenvalue weighted by molar-refractivity contribution is -0.384. The average molecular weight is 498 g/mol. The maximum atomic E-state index is 12.2. The maximum Gasteiger partial charge on any atom is 0.271 e. The van der Waals surface area contributed by atoms with Gasteiger partial charge in [-0.1, -0.05) is 0 Å². The molecule has 0 bridgehead atoms. The zero-order valence-electron chi connectivity index (χ0n) is 17.2. The highest BCUT2D eigenvalue weighted by Gasteiger charge is 2.07. The monoisotopic (exact) mass is 497 g/mol. The van der Waals surface area contributed by atoms with E-state index >= 15 is 0 Å². The predicted molar refractivity (Wildman–Crippen MR) is 124 cm³/mol. The molecule has 0 radical (unpaired) electrons. The van der Waals surface area contributed by atoms with Gasteiger partial charge in [-0.05, 0) is 88.6 Å². The van der Waals surface area contributed by atoms with E-state index < -0.39 is 4.92 Å². The molecule has 0 saturated carbocycles. The molecule has 0 spiro atoms. The summed E-state index contributed by atoms with van der Waals surface area (Å²) in [6.45, 7) is 2.72. The minimum Gasteiger partial charge on any atom is -0.494 e. The van der Waals surface area contributed by atoms with Crippen LogP contribution in [0.1, 0.15) is 28.4 Å². The van der Waals surface area contributed by atoms with Crippen LogP contribution in [0.5, 0.6) is 11.5 Å². The molecule has 0 fully saturated rings. The van der Waals surface area contributed by atoms with E-state index in [2.05, 4.69) is 26.5 Å². The number of nitrogens with one attached hydrogen (secondary N) is 1. The Morgan fingerprint density at radius 2 is 1.81 bits per heavy atom. The quantitative estimate of drug-likeness (QED) is 0.251. The molecule has 0 aromatic heterocycles. The first kappa shape index (κ1) is 23.0. The van der Waals surface area contributed by atoms with Gasteiger partial charge in [0, 0.05) is 17.7 Å². The molecule has 0 aliphatic rings. The molecule has 9 heteroatoms. The van der Waals surface area contributed by atoms with Gasteiger partial charge < -0.3 is 9.47 Å². The smallest absolute Gasteiger partial charge is 0.271 e. The molecule has 3 rings (SSSR count). The topological polar surface area (TPSA) is 103 Å². The standard InChI is InChI=1S/C23H20BrN3O5/c1-2-31-20-10-6-18(7-11-20)23(28)26-25-14-17-5-12-22(21(24)13-17)32-15-16-3-8-19(9-4-16)27(29)30/h3-14H,2,15H2,1H3,(H,26,28)/b25-14+. The normalized spacial score (nSPS) is 10.7. The number of carbonyl (C=O) groups excluding carboxylic acids is 1. The second-order valence-electron chi connectivity index (χ2n) is 6.56. The minimum absolute atomic E-state index is 0.0354. The van der Waals surface area contributed by atoms with Gasteiger partial charge in [-0.15, -0.1) is 0 Å². The predicted octanol–water partition coefficient (Wildman–Crippen LogP) is 5.10. The van der Waals surface area contributed by atoms with Gasteiger partial charge in [0.15, 0.2) is 0 Å². The summed E-state index contributed by atoms with van der Waals surface area (Å²) < 4.78 is 11.8. The van der Waals surface area contributed by atoms with Crippen molar-refractivity contribution in [3.8, 4) is 11.5 Å². The van der Waals surface area contributed by atoms with Gasteiger partial charge in [0.2, 0.25) is 0 Å². The van der Waals surface area contributed by atoms with Crippen LogP contribution in [0.2, 0.25) is 0 Å². The van der Waals surface area contributed by atoms with Crippen LogP contribution in [-0.2, 0) is 6.61 Å². The molecule has 0 heterocycles. The summed E-state index contributed by atoms with van der Waals surface area (Å²) in [6.07, 6.45) is 1.53. The number of hydrogen-bond donors (Lipinski definition) is 1. The number of ether oxygens (including phenoxy) is 2. The fourth-order valence-electron chi connectivity index (χ4n) is 2.69. The van der Waals surface area contributed by atoms with Crippen LogP contribution in [0.25, 0.3) is 0 Å². The number of amides is 1. The molecule has 0 unspecified atom stereocenters. The molecule has 0 atom stereocenters. The Bertz CT molecular complexity index is 1120. The molecule has 32 heavy (non-hydrogen) atoms. The number of benzene rings is 3. The Hall–Kier alpha value is -3.72. The van der Waals surface area contributed by atoms with E-state index in [-0.39, 0.29) is 18.2 Å². The molecule has 164 valence electrons. The van der Waals surface area contributed by atoms with Gasteiger partial charge in [-0.3, -0.25) is 14.9 Å². The van der Waals surface area contributed by atoms with Crippen molar-refractivity contribution in [1.29, 1.82) is 0 Å². The number of non-ortho nitro benzene ring substituents is 1. The number of nitro benzene ring substituents is 1. The van der Waals surface area contributed by atoms with Crippen molar-refractivity contribution in [2.45, 2.75) is 13.5 Å². The van der Waals surface area contributed by atoms with E-state index in [1.807, 2.05) is 6.92 Å². The first-order chi connectivity index (χ1) is 15.5. The van der Waals surface area contributed by atoms with Crippen molar-refractivity contribution in [3.63, 3.8) is 0 Å². The summed E-state index contributed by atoms with van der Waals surface area (Å²) in [5.74, 6) is 0.985. The largest absolute Gasteiger partial charge is 0.494 e. The summed E-state index contributed by atoms with van der Waals surface area (Å²) in [7, 11) is 0. The van der Waals surface area contributed by atoms with E-state index in [0.29, 0.717) is 28.1 Å². The van der Waals surface area contributed by atoms with E-state index in [9.17, 15) is 14.9 Å². The van der Waals surface area contributed by atoms with Crippen LogP contribution >= 0.6 is 15.9 Å². The van der Waals surface area contributed by atoms with Crippen molar-refractivity contribution in [3.05, 3.63) is 98.0 Å². The van der Waals surface area contributed by atoms with Crippen molar-refractivity contribution in [1.82, 2.24) is 5.43 Å². The summed E-state index contributed by atoms with van der Waals surface area (Å²) in [5, 5.41) is 14.7. The highest BCUT2D eigenvalue weighted by atomic mass is 79.9. The number of rotatable bonds is 9. The van der Waals surface area contributed by atoms with Crippen LogP contribution in [0, 0.1) is 10.1 Å². The lowest BCUT2D eigenvalue weighted by Crippen LogP contribution is -2.17. The molecule has 0 aliphatic carbocycles. The maximum absolute atomic E-state index is 12.2. The number of halogens is 1. The summed E-state index contributed by atoms with van der Waals surface area (Å²) in [4.78, 5) is 22.4. The summed E-state index contributed by atoms with van der Waals surface area (Å²) >= 11 is 3.45. The fraction of sp³-hybridized carbons (Fsp3) is 0.130. The highest BCUT2D eigenvalue weighted by Crippen LogP contribution is 2.26. The Labute approximate surface area is 193 Å². The van der Waals surface area contributed by atoms with E-state index in [1.165, 1.54) is 18.3 Å². The number of hydrogen-bond acceptors (Lipinski definition) is 6. The van der Waals surface area contributed by atoms with Gasteiger partial charge in [0.05, 0.1) is 22.2 Å². The van der Waals surface area contributed by atoms with E-state index in [1.54, 1.807) is 54.6 Å². The summed E-state index contributed by atoms with van der Waals surface area (Å²) in [6, 6.07) is 18.4. The third-order valence-electron chi connectivity index (χ3n) is 4.30. The minimum atomic E-state index is -0.442. The van der Waals surface area contributed by atoms with E-state index in [4.69, 9.17) is 9.47 Å². The zero-order chi connectivity index (χ0) is 22.9. The fourth-order valence-corrected chi connectivity index (χ4v) is 3.20. The highest BCUT2D eigenvalue weighted by molar-refractivity contribution is 9.10. The molecule has 3 aromatic carbocycles. The van der Waals surface area contributed by atoms with Gasteiger partial charge in [0.25, 0.3) is 11.6 Å². The van der Waals surface area contributed by atoms with Crippen molar-refractivity contribution in [2.24, 2.45) is 5.10 Å². The van der Waals surface area contributed by atoms with Crippen LogP contribution in [0.3, 0.4) is 0 Å². The van der Waals surface area contributed by atoms with Crippen molar-refractivity contribution < 1.29 is 19.2 Å². The molecule has 0 saturated heterocycles. The lowest BCUT2D eigenvalue weighted by Gasteiger charge is -2.09. The average Bonchev–Trinajstić information content (AvgIpc) is 2.79. The molecule has 3 aromatic rings. The van der Waals surface area contributed by atoms with Crippen LogP contribution in [0.15, 0.2) is 76.3 Å². The number of nitro groups is 1. The molecule has 8 nitrogen and oxygen atoms in total. The van der Waals surface area contributed by atoms with Crippen LogP contribution in [0.4, 0.5) is 5.69 Å². The number of carbonyl (C=O) groups is 1. The Morgan fingerprint density at radius 1 is 1.09 bits per heavy atom. The molecular formula is C23H20BrN3O5. The second kappa shape index (κ2) is 11.1. The Balaban J connectivity index is 1.54. The van der Waals surface area contributed by atoms with Crippen molar-refractivity contribution >= 4 is 33.7 Å². The Kier molecular flexibility index (Phi) is 7.93. The van der Waals surface area contributed by atoms with Gasteiger partial charge in [-0.2, -0.15) is 5.10 Å². The SMILES string of the molecule is CCOc1ccc(C(=O)N/N=C/c2ccc(OCc3ccc([N+](=O)[O-])cc3)c(Br)c2)cc1. The molecule has 1 N–H and O–H groups in total. The zero-order valence-corrected chi connectivity index (χ0v) is 18.7. The molecular weight excluding hydrogens is 478 g/mol. The van der Waals surface area contributed by atoms with Crippen LogP contribution < -0.4 is 14.9 Å². The summed E-state index contributed by atoms with van der Waals surface area (Å²) in [5.41, 5.74) is 4.56. The van der Waals surface area contributed by atoms with Crippen molar-refractivity contribution in [2.75, 3.05) is 6.61 Å². The number of nitrogens with zero attached hydrogens (tertiary/aromatic N) is 2. The van der Waals surface area contributed by atoms with Crippen LogP contribution in [-0.4, -0.2) is 23.7 Å². The first-order valence-corrected chi connectivity index (χ1v) is 10.5.